The first-order valence-corrected chi connectivity index (χ1v) is 7.08. The van der Waals surface area contributed by atoms with Crippen molar-refractivity contribution in [3.8, 4) is 0 Å². The summed E-state index contributed by atoms with van der Waals surface area (Å²) in [6.45, 7) is 1.77. The highest BCUT2D eigenvalue weighted by Crippen LogP contribution is 2.24. The van der Waals surface area contributed by atoms with Gasteiger partial charge in [0.05, 0.1) is 11.3 Å². The van der Waals surface area contributed by atoms with Crippen LogP contribution in [0.4, 0.5) is 5.00 Å². The van der Waals surface area contributed by atoms with Crippen molar-refractivity contribution in [1.82, 2.24) is 9.38 Å². The zero-order valence-corrected chi connectivity index (χ0v) is 12.0. The normalized spacial score (nSPS) is 10.7. The molecule has 0 saturated heterocycles. The van der Waals surface area contributed by atoms with Crippen molar-refractivity contribution < 1.29 is 9.59 Å². The van der Waals surface area contributed by atoms with Crippen LogP contribution in [0.15, 0.2) is 35.8 Å². The number of nitrogens with zero attached hydrogens (tertiary/aromatic N) is 2. The van der Waals surface area contributed by atoms with E-state index in [0.29, 0.717) is 27.6 Å². The highest BCUT2D eigenvalue weighted by atomic mass is 32.1. The van der Waals surface area contributed by atoms with Crippen LogP contribution >= 0.6 is 11.3 Å². The van der Waals surface area contributed by atoms with Gasteiger partial charge in [-0.1, -0.05) is 6.07 Å². The first kappa shape index (κ1) is 13.3. The molecule has 0 radical (unpaired) electrons. The predicted molar refractivity (Wildman–Crippen MR) is 80.7 cm³/mol. The second-order valence-electron chi connectivity index (χ2n) is 4.46. The lowest BCUT2D eigenvalue weighted by Crippen LogP contribution is -2.18. The molecule has 3 aromatic rings. The van der Waals surface area contributed by atoms with Crippen LogP contribution in [0.2, 0.25) is 0 Å². The smallest absolute Gasteiger partial charge is 0.275 e. The van der Waals surface area contributed by atoms with Crippen molar-refractivity contribution in [1.29, 1.82) is 0 Å². The molecule has 21 heavy (non-hydrogen) atoms. The van der Waals surface area contributed by atoms with Gasteiger partial charge in [-0.15, -0.1) is 11.3 Å². The van der Waals surface area contributed by atoms with Crippen LogP contribution in [0.25, 0.3) is 5.65 Å². The van der Waals surface area contributed by atoms with E-state index < -0.39 is 5.91 Å². The van der Waals surface area contributed by atoms with Crippen LogP contribution in [-0.2, 0) is 0 Å². The molecule has 0 aliphatic carbocycles. The topological polar surface area (TPSA) is 89.5 Å². The third-order valence-corrected chi connectivity index (χ3v) is 3.91. The minimum absolute atomic E-state index is 0.305. The van der Waals surface area contributed by atoms with Gasteiger partial charge in [0.1, 0.15) is 16.3 Å². The molecule has 2 amide bonds. The SMILES string of the molecule is Cc1nc2ccccn2c1C(=O)Nc1sccc1C(N)=O. The van der Waals surface area contributed by atoms with Gasteiger partial charge in [-0.3, -0.25) is 14.0 Å². The summed E-state index contributed by atoms with van der Waals surface area (Å²) in [4.78, 5) is 28.1. The van der Waals surface area contributed by atoms with Crippen LogP contribution in [0, 0.1) is 6.92 Å². The maximum Gasteiger partial charge on any atom is 0.275 e. The second-order valence-corrected chi connectivity index (χ2v) is 5.37. The van der Waals surface area contributed by atoms with Crippen molar-refractivity contribution in [2.24, 2.45) is 5.73 Å². The number of hydrogen-bond donors (Lipinski definition) is 2. The van der Waals surface area contributed by atoms with E-state index in [1.807, 2.05) is 18.2 Å². The van der Waals surface area contributed by atoms with Gasteiger partial charge in [-0.25, -0.2) is 4.98 Å². The lowest BCUT2D eigenvalue weighted by atomic mass is 10.3. The number of anilines is 1. The predicted octanol–water partition coefficient (Wildman–Crippen LogP) is 2.06. The van der Waals surface area contributed by atoms with Crippen molar-refractivity contribution in [3.05, 3.63) is 52.8 Å². The minimum Gasteiger partial charge on any atom is -0.366 e. The number of amides is 2. The number of carbonyl (C=O) groups excluding carboxylic acids is 2. The third-order valence-electron chi connectivity index (χ3n) is 3.08. The molecule has 7 heteroatoms. The molecule has 0 aliphatic rings. The van der Waals surface area contributed by atoms with E-state index in [4.69, 9.17) is 5.73 Å². The summed E-state index contributed by atoms with van der Waals surface area (Å²) in [5.74, 6) is -0.891. The molecule has 106 valence electrons. The lowest BCUT2D eigenvalue weighted by Gasteiger charge is -2.05. The number of fused-ring (bicyclic) bond motifs is 1. The number of hydrogen-bond acceptors (Lipinski definition) is 4. The molecule has 0 atom stereocenters. The number of primary amides is 1. The molecular formula is C14H12N4O2S. The molecule has 0 bridgehead atoms. The number of imidazole rings is 1. The van der Waals surface area contributed by atoms with E-state index >= 15 is 0 Å². The Morgan fingerprint density at radius 3 is 2.90 bits per heavy atom. The van der Waals surface area contributed by atoms with E-state index in [-0.39, 0.29) is 5.91 Å². The molecular weight excluding hydrogens is 288 g/mol. The first-order valence-electron chi connectivity index (χ1n) is 6.20. The van der Waals surface area contributed by atoms with Crippen molar-refractivity contribution in [2.45, 2.75) is 6.92 Å². The van der Waals surface area contributed by atoms with Crippen LogP contribution in [0.5, 0.6) is 0 Å². The molecule has 0 aromatic carbocycles. The number of aryl methyl sites for hydroxylation is 1. The average molecular weight is 300 g/mol. The number of nitrogens with one attached hydrogen (secondary N) is 1. The van der Waals surface area contributed by atoms with E-state index in [0.717, 1.165) is 0 Å². The summed E-state index contributed by atoms with van der Waals surface area (Å²) in [5, 5.41) is 4.87. The highest BCUT2D eigenvalue weighted by Gasteiger charge is 2.19. The Morgan fingerprint density at radius 1 is 1.33 bits per heavy atom. The monoisotopic (exact) mass is 300 g/mol. The van der Waals surface area contributed by atoms with E-state index in [9.17, 15) is 9.59 Å². The number of thiophene rings is 1. The molecule has 3 rings (SSSR count). The van der Waals surface area contributed by atoms with Gasteiger partial charge in [-0.05, 0) is 30.5 Å². The third kappa shape index (κ3) is 2.27. The zero-order valence-electron chi connectivity index (χ0n) is 11.2. The summed E-state index contributed by atoms with van der Waals surface area (Å²) in [6.07, 6.45) is 1.77. The first-order chi connectivity index (χ1) is 10.1. The maximum absolute atomic E-state index is 12.5. The Hall–Kier alpha value is -2.67. The highest BCUT2D eigenvalue weighted by molar-refractivity contribution is 7.14. The van der Waals surface area contributed by atoms with Crippen LogP contribution < -0.4 is 11.1 Å². The number of pyridine rings is 1. The molecule has 3 aromatic heterocycles. The van der Waals surface area contributed by atoms with Gasteiger partial charge in [0.2, 0.25) is 0 Å². The Bertz CT molecular complexity index is 850. The lowest BCUT2D eigenvalue weighted by molar-refractivity contribution is 0.100. The Labute approximate surface area is 124 Å². The molecule has 0 aliphatic heterocycles. The number of carbonyl (C=O) groups is 2. The maximum atomic E-state index is 12.5. The molecule has 0 saturated carbocycles. The fourth-order valence-electron chi connectivity index (χ4n) is 2.15. The standard InChI is InChI=1S/C14H12N4O2S/c1-8-11(18-6-3-2-4-10(18)16-8)13(20)17-14-9(12(15)19)5-7-21-14/h2-7H,1H3,(H2,15,19)(H,17,20). The summed E-state index contributed by atoms with van der Waals surface area (Å²) in [6, 6.07) is 7.09. The largest absolute Gasteiger partial charge is 0.366 e. The fourth-order valence-corrected chi connectivity index (χ4v) is 2.94. The molecule has 0 unspecified atom stereocenters. The number of aromatic nitrogens is 2. The minimum atomic E-state index is -0.568. The molecule has 3 heterocycles. The Morgan fingerprint density at radius 2 is 2.14 bits per heavy atom. The van der Waals surface area contributed by atoms with E-state index in [1.54, 1.807) is 29.0 Å². The summed E-state index contributed by atoms with van der Waals surface area (Å²) in [5.41, 5.74) is 7.33. The van der Waals surface area contributed by atoms with Crippen LogP contribution in [-0.4, -0.2) is 21.2 Å². The summed E-state index contributed by atoms with van der Waals surface area (Å²) < 4.78 is 1.71. The number of rotatable bonds is 3. The Kier molecular flexibility index (Phi) is 3.19. The van der Waals surface area contributed by atoms with Crippen molar-refractivity contribution in [2.75, 3.05) is 5.32 Å². The van der Waals surface area contributed by atoms with E-state index in [2.05, 4.69) is 10.3 Å². The van der Waals surface area contributed by atoms with Gasteiger partial charge in [0.25, 0.3) is 11.8 Å². The molecule has 6 nitrogen and oxygen atoms in total. The van der Waals surface area contributed by atoms with Crippen LogP contribution in [0.1, 0.15) is 26.5 Å². The van der Waals surface area contributed by atoms with Gasteiger partial charge < -0.3 is 11.1 Å². The van der Waals surface area contributed by atoms with Crippen molar-refractivity contribution in [3.63, 3.8) is 0 Å². The fraction of sp³-hybridized carbons (Fsp3) is 0.0714. The Balaban J connectivity index is 1.99. The molecule has 0 spiro atoms. The average Bonchev–Trinajstić information content (AvgIpc) is 3.01. The molecule has 3 N–H and O–H groups in total. The van der Waals surface area contributed by atoms with Gasteiger partial charge in [-0.2, -0.15) is 0 Å². The second kappa shape index (κ2) is 5.02. The van der Waals surface area contributed by atoms with Crippen LogP contribution in [0.3, 0.4) is 0 Å². The summed E-state index contributed by atoms with van der Waals surface area (Å²) >= 11 is 1.25. The van der Waals surface area contributed by atoms with Crippen molar-refractivity contribution >= 4 is 33.8 Å². The summed E-state index contributed by atoms with van der Waals surface area (Å²) in [7, 11) is 0. The number of nitrogens with two attached hydrogens (primary N) is 1. The van der Waals surface area contributed by atoms with E-state index in [1.165, 1.54) is 11.3 Å². The quantitative estimate of drug-likeness (QED) is 0.775. The van der Waals surface area contributed by atoms with Gasteiger partial charge in [0.15, 0.2) is 0 Å². The zero-order chi connectivity index (χ0) is 15.0. The van der Waals surface area contributed by atoms with Gasteiger partial charge in [0, 0.05) is 6.20 Å². The molecule has 0 fully saturated rings. The van der Waals surface area contributed by atoms with Gasteiger partial charge >= 0.3 is 0 Å².